The van der Waals surface area contributed by atoms with Crippen LogP contribution >= 0.6 is 0 Å². The van der Waals surface area contributed by atoms with Crippen LogP contribution in [0, 0.1) is 6.92 Å². The lowest BCUT2D eigenvalue weighted by molar-refractivity contribution is -0.117. The fourth-order valence-corrected chi connectivity index (χ4v) is 3.75. The van der Waals surface area contributed by atoms with Crippen molar-refractivity contribution in [2.75, 3.05) is 24.6 Å². The molecule has 136 valence electrons. The van der Waals surface area contributed by atoms with Crippen molar-refractivity contribution in [3.8, 4) is 0 Å². The van der Waals surface area contributed by atoms with Gasteiger partial charge in [0.2, 0.25) is 5.91 Å². The first-order valence-electron chi connectivity index (χ1n) is 9.13. The number of urea groups is 1. The van der Waals surface area contributed by atoms with Crippen molar-refractivity contribution < 1.29 is 14.7 Å². The molecule has 25 heavy (non-hydrogen) atoms. The van der Waals surface area contributed by atoms with E-state index in [1.165, 1.54) is 0 Å². The lowest BCUT2D eigenvalue weighted by atomic mass is 10.00. The number of carbonyl (C=O) groups is 2. The van der Waals surface area contributed by atoms with E-state index in [2.05, 4.69) is 5.32 Å². The Labute approximate surface area is 148 Å². The van der Waals surface area contributed by atoms with E-state index < -0.39 is 0 Å². The van der Waals surface area contributed by atoms with E-state index >= 15 is 0 Å². The van der Waals surface area contributed by atoms with Crippen LogP contribution in [0.5, 0.6) is 0 Å². The molecular formula is C19H27N3O3. The third-order valence-corrected chi connectivity index (χ3v) is 5.15. The number of nitrogens with one attached hydrogen (secondary N) is 1. The number of amides is 3. The second-order valence-electron chi connectivity index (χ2n) is 7.05. The number of rotatable bonds is 4. The van der Waals surface area contributed by atoms with Gasteiger partial charge in [-0.2, -0.15) is 0 Å². The fraction of sp³-hybridized carbons (Fsp3) is 0.579. The van der Waals surface area contributed by atoms with Crippen molar-refractivity contribution >= 4 is 17.6 Å². The molecular weight excluding hydrogens is 318 g/mol. The van der Waals surface area contributed by atoms with Crippen molar-refractivity contribution in [2.45, 2.75) is 51.1 Å². The van der Waals surface area contributed by atoms with Crippen LogP contribution in [0.2, 0.25) is 0 Å². The molecule has 3 amide bonds. The molecule has 2 aliphatic rings. The van der Waals surface area contributed by atoms with Crippen LogP contribution in [-0.4, -0.2) is 53.7 Å². The van der Waals surface area contributed by atoms with Crippen LogP contribution in [-0.2, 0) is 4.79 Å². The molecule has 0 bridgehead atoms. The molecule has 0 aliphatic carbocycles. The second-order valence-corrected chi connectivity index (χ2v) is 7.05. The summed E-state index contributed by atoms with van der Waals surface area (Å²) in [7, 11) is 0. The highest BCUT2D eigenvalue weighted by Gasteiger charge is 2.34. The normalized spacial score (nSPS) is 23.8. The third-order valence-electron chi connectivity index (χ3n) is 5.15. The molecule has 2 saturated heterocycles. The van der Waals surface area contributed by atoms with Gasteiger partial charge in [0.05, 0.1) is 6.04 Å². The van der Waals surface area contributed by atoms with Gasteiger partial charge in [-0.3, -0.25) is 4.79 Å². The molecule has 1 aromatic carbocycles. The van der Waals surface area contributed by atoms with Gasteiger partial charge in [-0.25, -0.2) is 4.79 Å². The molecule has 2 atom stereocenters. The monoisotopic (exact) mass is 345 g/mol. The molecule has 0 spiro atoms. The largest absolute Gasteiger partial charge is 0.396 e. The summed E-state index contributed by atoms with van der Waals surface area (Å²) in [5.41, 5.74) is 2.03. The molecule has 2 heterocycles. The molecule has 1 aromatic rings. The maximum absolute atomic E-state index is 12.6. The number of carbonyl (C=O) groups excluding carboxylic acids is 2. The standard InChI is InChI=1S/C19H27N3O3/c1-14-5-7-17(8-6-14)22-13-15(12-18(22)24)20-19(25)21-10-3-2-4-16(21)9-11-23/h5-8,15-16,23H,2-4,9-13H2,1H3,(H,20,25)/t15-,16-/m0/s1. The Morgan fingerprint density at radius 3 is 2.76 bits per heavy atom. The van der Waals surface area contributed by atoms with Crippen molar-refractivity contribution in [2.24, 2.45) is 0 Å². The first-order chi connectivity index (χ1) is 12.1. The van der Waals surface area contributed by atoms with Crippen LogP contribution in [0.4, 0.5) is 10.5 Å². The minimum atomic E-state index is -0.169. The van der Waals surface area contributed by atoms with Crippen molar-refractivity contribution in [1.82, 2.24) is 10.2 Å². The van der Waals surface area contributed by atoms with Crippen LogP contribution in [0.15, 0.2) is 24.3 Å². The number of aliphatic hydroxyl groups is 1. The van der Waals surface area contributed by atoms with Gasteiger partial charge in [-0.1, -0.05) is 17.7 Å². The van der Waals surface area contributed by atoms with E-state index in [4.69, 9.17) is 0 Å². The van der Waals surface area contributed by atoms with Crippen LogP contribution in [0.3, 0.4) is 0 Å². The highest BCUT2D eigenvalue weighted by atomic mass is 16.3. The molecule has 2 N–H and O–H groups in total. The van der Waals surface area contributed by atoms with Gasteiger partial charge >= 0.3 is 6.03 Å². The summed E-state index contributed by atoms with van der Waals surface area (Å²) < 4.78 is 0. The van der Waals surface area contributed by atoms with Crippen molar-refractivity contribution in [1.29, 1.82) is 0 Å². The van der Waals surface area contributed by atoms with E-state index in [0.717, 1.165) is 37.1 Å². The van der Waals surface area contributed by atoms with Gasteiger partial charge in [0, 0.05) is 37.8 Å². The van der Waals surface area contributed by atoms with E-state index in [9.17, 15) is 14.7 Å². The Hall–Kier alpha value is -2.08. The number of anilines is 1. The van der Waals surface area contributed by atoms with E-state index in [1.807, 2.05) is 36.1 Å². The minimum Gasteiger partial charge on any atom is -0.396 e. The van der Waals surface area contributed by atoms with Gasteiger partial charge in [0.1, 0.15) is 0 Å². The quantitative estimate of drug-likeness (QED) is 0.877. The smallest absolute Gasteiger partial charge is 0.317 e. The first kappa shape index (κ1) is 17.7. The van der Waals surface area contributed by atoms with Crippen LogP contribution in [0.1, 0.15) is 37.7 Å². The summed E-state index contributed by atoms with van der Waals surface area (Å²) in [6.07, 6.45) is 3.98. The highest BCUT2D eigenvalue weighted by molar-refractivity contribution is 5.96. The summed E-state index contributed by atoms with van der Waals surface area (Å²) in [6, 6.07) is 7.69. The summed E-state index contributed by atoms with van der Waals surface area (Å²) in [4.78, 5) is 28.5. The predicted octanol–water partition coefficient (Wildman–Crippen LogP) is 2.05. The Kier molecular flexibility index (Phi) is 5.58. The number of aryl methyl sites for hydroxylation is 1. The van der Waals surface area contributed by atoms with E-state index in [0.29, 0.717) is 19.4 Å². The summed E-state index contributed by atoms with van der Waals surface area (Å²) in [6.45, 7) is 3.34. The molecule has 3 rings (SSSR count). The summed E-state index contributed by atoms with van der Waals surface area (Å²) in [5.74, 6) is 0.0414. The maximum Gasteiger partial charge on any atom is 0.317 e. The lowest BCUT2D eigenvalue weighted by Crippen LogP contribution is -2.52. The van der Waals surface area contributed by atoms with Gasteiger partial charge in [0.15, 0.2) is 0 Å². The molecule has 6 nitrogen and oxygen atoms in total. The van der Waals surface area contributed by atoms with Crippen LogP contribution in [0.25, 0.3) is 0 Å². The number of piperidine rings is 1. The molecule has 2 aliphatic heterocycles. The van der Waals surface area contributed by atoms with Crippen molar-refractivity contribution in [3.63, 3.8) is 0 Å². The molecule has 0 unspecified atom stereocenters. The lowest BCUT2D eigenvalue weighted by Gasteiger charge is -2.36. The predicted molar refractivity (Wildman–Crippen MR) is 96.5 cm³/mol. The fourth-order valence-electron chi connectivity index (χ4n) is 3.75. The maximum atomic E-state index is 12.6. The highest BCUT2D eigenvalue weighted by Crippen LogP contribution is 2.23. The number of aliphatic hydroxyl groups excluding tert-OH is 1. The Balaban J connectivity index is 1.60. The third kappa shape index (κ3) is 4.12. The van der Waals surface area contributed by atoms with Gasteiger partial charge in [0.25, 0.3) is 0 Å². The number of benzene rings is 1. The zero-order valence-electron chi connectivity index (χ0n) is 14.8. The Morgan fingerprint density at radius 1 is 1.28 bits per heavy atom. The number of likely N-dealkylation sites (tertiary alicyclic amines) is 1. The topological polar surface area (TPSA) is 72.9 Å². The molecule has 2 fully saturated rings. The van der Waals surface area contributed by atoms with Gasteiger partial charge in [-0.05, 0) is 44.7 Å². The first-order valence-corrected chi connectivity index (χ1v) is 9.13. The average Bonchev–Trinajstić information content (AvgIpc) is 2.96. The summed E-state index contributed by atoms with van der Waals surface area (Å²) >= 11 is 0. The Morgan fingerprint density at radius 2 is 2.04 bits per heavy atom. The second kappa shape index (κ2) is 7.87. The van der Waals surface area contributed by atoms with E-state index in [-0.39, 0.29) is 30.6 Å². The molecule has 0 saturated carbocycles. The zero-order chi connectivity index (χ0) is 17.8. The Bertz CT molecular complexity index is 615. The SMILES string of the molecule is Cc1ccc(N2C[C@@H](NC(=O)N3CCCC[C@H]3CCO)CC2=O)cc1. The van der Waals surface area contributed by atoms with Crippen LogP contribution < -0.4 is 10.2 Å². The number of nitrogens with zero attached hydrogens (tertiary/aromatic N) is 2. The molecule has 6 heteroatoms. The number of hydrogen-bond acceptors (Lipinski definition) is 3. The van der Waals surface area contributed by atoms with Gasteiger partial charge < -0.3 is 20.2 Å². The number of hydrogen-bond donors (Lipinski definition) is 2. The summed E-state index contributed by atoms with van der Waals surface area (Å²) in [5, 5.41) is 12.2. The van der Waals surface area contributed by atoms with Gasteiger partial charge in [-0.15, -0.1) is 0 Å². The molecule has 0 radical (unpaired) electrons. The van der Waals surface area contributed by atoms with E-state index in [1.54, 1.807) is 4.90 Å². The zero-order valence-corrected chi connectivity index (χ0v) is 14.8. The average molecular weight is 345 g/mol. The van der Waals surface area contributed by atoms with Crippen molar-refractivity contribution in [3.05, 3.63) is 29.8 Å². The molecule has 0 aromatic heterocycles. The minimum absolute atomic E-state index is 0.0414.